The maximum atomic E-state index is 13.3. The van der Waals surface area contributed by atoms with E-state index in [-0.39, 0.29) is 16.3 Å². The van der Waals surface area contributed by atoms with Gasteiger partial charge in [-0.1, -0.05) is 23.8 Å². The van der Waals surface area contributed by atoms with E-state index < -0.39 is 21.3 Å². The van der Waals surface area contributed by atoms with E-state index in [0.717, 1.165) is 22.3 Å². The van der Waals surface area contributed by atoms with Crippen LogP contribution in [-0.2, 0) is 21.2 Å². The number of rotatable bonds is 5. The van der Waals surface area contributed by atoms with Crippen molar-refractivity contribution in [2.75, 3.05) is 5.32 Å². The third kappa shape index (κ3) is 4.53. The third-order valence-electron chi connectivity index (χ3n) is 5.66. The lowest BCUT2D eigenvalue weighted by atomic mass is 10.1. The largest absolute Gasteiger partial charge is 0.324 e. The molecule has 7 heteroatoms. The second-order valence-electron chi connectivity index (χ2n) is 8.31. The molecule has 1 amide bonds. The fraction of sp³-hybridized carbons (Fsp3) is 0.280. The van der Waals surface area contributed by atoms with Crippen molar-refractivity contribution in [1.29, 1.82) is 0 Å². The molecule has 1 N–H and O–H groups in total. The van der Waals surface area contributed by atoms with Gasteiger partial charge in [0, 0.05) is 11.4 Å². The molecule has 0 aliphatic carbocycles. The summed E-state index contributed by atoms with van der Waals surface area (Å²) < 4.78 is 27.9. The van der Waals surface area contributed by atoms with E-state index in [9.17, 15) is 18.0 Å². The summed E-state index contributed by atoms with van der Waals surface area (Å²) in [5.74, 6) is -0.402. The van der Waals surface area contributed by atoms with Crippen LogP contribution < -0.4 is 10.9 Å². The predicted octanol–water partition coefficient (Wildman–Crippen LogP) is 4.17. The summed E-state index contributed by atoms with van der Waals surface area (Å²) in [7, 11) is -4.05. The van der Waals surface area contributed by atoms with Crippen molar-refractivity contribution in [3.8, 4) is 0 Å². The van der Waals surface area contributed by atoms with Crippen molar-refractivity contribution in [3.63, 3.8) is 0 Å². The molecule has 0 saturated carbocycles. The Kier molecular flexibility index (Phi) is 6.41. The summed E-state index contributed by atoms with van der Waals surface area (Å²) in [6.45, 7) is 10.6. The van der Waals surface area contributed by atoms with Crippen molar-refractivity contribution in [1.82, 2.24) is 4.57 Å². The maximum absolute atomic E-state index is 13.3. The lowest BCUT2D eigenvalue weighted by Gasteiger charge is -2.16. The van der Waals surface area contributed by atoms with Gasteiger partial charge in [-0.05, 0) is 88.1 Å². The van der Waals surface area contributed by atoms with Gasteiger partial charge in [0.25, 0.3) is 5.56 Å². The van der Waals surface area contributed by atoms with Crippen LogP contribution in [0.4, 0.5) is 5.69 Å². The van der Waals surface area contributed by atoms with Gasteiger partial charge in [0.15, 0.2) is 0 Å². The van der Waals surface area contributed by atoms with E-state index in [4.69, 9.17) is 0 Å². The molecule has 0 fully saturated rings. The van der Waals surface area contributed by atoms with Crippen LogP contribution in [0.3, 0.4) is 0 Å². The van der Waals surface area contributed by atoms with Crippen molar-refractivity contribution < 1.29 is 13.2 Å². The molecule has 0 bridgehead atoms. The predicted molar refractivity (Wildman–Crippen MR) is 126 cm³/mol. The molecule has 1 heterocycles. The smallest absolute Gasteiger partial charge is 0.270 e. The first-order valence-corrected chi connectivity index (χ1v) is 11.8. The van der Waals surface area contributed by atoms with Crippen LogP contribution in [0.5, 0.6) is 0 Å². The van der Waals surface area contributed by atoms with Gasteiger partial charge in [-0.2, -0.15) is 0 Å². The van der Waals surface area contributed by atoms with Gasteiger partial charge < -0.3 is 9.88 Å². The Morgan fingerprint density at radius 1 is 0.844 bits per heavy atom. The number of amides is 1. The second kappa shape index (κ2) is 8.74. The highest BCUT2D eigenvalue weighted by Crippen LogP contribution is 2.24. The average Bonchev–Trinajstić information content (AvgIpc) is 2.69. The molecule has 0 saturated heterocycles. The average molecular weight is 453 g/mol. The Morgan fingerprint density at radius 2 is 1.53 bits per heavy atom. The number of aryl methyl sites for hydroxylation is 6. The number of aromatic nitrogens is 1. The van der Waals surface area contributed by atoms with Gasteiger partial charge in [-0.15, -0.1) is 0 Å². The number of nitrogens with one attached hydrogen (secondary N) is 1. The first-order valence-electron chi connectivity index (χ1n) is 10.3. The van der Waals surface area contributed by atoms with Crippen molar-refractivity contribution in [2.24, 2.45) is 0 Å². The molecular formula is C25H28N2O4S. The van der Waals surface area contributed by atoms with E-state index in [0.29, 0.717) is 16.9 Å². The minimum atomic E-state index is -4.05. The van der Waals surface area contributed by atoms with Crippen LogP contribution in [0.2, 0.25) is 0 Å². The first kappa shape index (κ1) is 23.5. The molecule has 0 spiro atoms. The zero-order valence-corrected chi connectivity index (χ0v) is 20.1. The Bertz CT molecular complexity index is 1390. The zero-order chi connectivity index (χ0) is 23.8. The Morgan fingerprint density at radius 3 is 2.16 bits per heavy atom. The molecule has 32 heavy (non-hydrogen) atoms. The SMILES string of the molecule is Cc1ccc(NC(=O)Cn2c(C)cc(C)c(S(=O)(=O)c3ccc(C)c(C)c3)c2=O)c(C)c1. The minimum absolute atomic E-state index is 0.0657. The van der Waals surface area contributed by atoms with E-state index in [2.05, 4.69) is 5.32 Å². The highest BCUT2D eigenvalue weighted by Gasteiger charge is 2.26. The number of anilines is 1. The topological polar surface area (TPSA) is 85.2 Å². The summed E-state index contributed by atoms with van der Waals surface area (Å²) >= 11 is 0. The molecular weight excluding hydrogens is 424 g/mol. The maximum Gasteiger partial charge on any atom is 0.270 e. The van der Waals surface area contributed by atoms with Gasteiger partial charge in [0.1, 0.15) is 11.4 Å². The number of carbonyl (C=O) groups excluding carboxylic acids is 1. The van der Waals surface area contributed by atoms with Crippen LogP contribution >= 0.6 is 0 Å². The molecule has 168 valence electrons. The van der Waals surface area contributed by atoms with Crippen molar-refractivity contribution >= 4 is 21.4 Å². The third-order valence-corrected chi connectivity index (χ3v) is 7.57. The van der Waals surface area contributed by atoms with Crippen LogP contribution in [0, 0.1) is 41.5 Å². The number of hydrogen-bond donors (Lipinski definition) is 1. The summed E-state index contributed by atoms with van der Waals surface area (Å²) in [5, 5.41) is 2.81. The van der Waals surface area contributed by atoms with Gasteiger partial charge in [0.05, 0.1) is 4.90 Å². The quantitative estimate of drug-likeness (QED) is 0.630. The summed E-state index contributed by atoms with van der Waals surface area (Å²) in [5.41, 5.74) is 4.60. The standard InChI is InChI=1S/C25H28N2O4S/c1-15-7-10-22(18(4)11-15)26-23(28)14-27-20(6)12-19(5)24(25(27)29)32(30,31)21-9-8-16(2)17(3)13-21/h7-13H,14H2,1-6H3,(H,26,28). The van der Waals surface area contributed by atoms with E-state index >= 15 is 0 Å². The Hall–Kier alpha value is -3.19. The summed E-state index contributed by atoms with van der Waals surface area (Å²) in [4.78, 5) is 25.8. The highest BCUT2D eigenvalue weighted by atomic mass is 32.2. The van der Waals surface area contributed by atoms with Gasteiger partial charge in [-0.25, -0.2) is 8.42 Å². The molecule has 0 radical (unpaired) electrons. The number of carbonyl (C=O) groups is 1. The molecule has 0 aliphatic rings. The minimum Gasteiger partial charge on any atom is -0.324 e. The van der Waals surface area contributed by atoms with Gasteiger partial charge in [0.2, 0.25) is 15.7 Å². The molecule has 3 aromatic rings. The van der Waals surface area contributed by atoms with E-state index in [1.54, 1.807) is 32.0 Å². The molecule has 1 aromatic heterocycles. The first-order chi connectivity index (χ1) is 14.9. The lowest BCUT2D eigenvalue weighted by molar-refractivity contribution is -0.116. The monoisotopic (exact) mass is 452 g/mol. The van der Waals surface area contributed by atoms with Crippen LogP contribution in [-0.4, -0.2) is 18.9 Å². The van der Waals surface area contributed by atoms with Crippen LogP contribution in [0.15, 0.2) is 57.1 Å². The molecule has 0 aliphatic heterocycles. The van der Waals surface area contributed by atoms with E-state index in [1.165, 1.54) is 10.6 Å². The highest BCUT2D eigenvalue weighted by molar-refractivity contribution is 7.91. The number of benzene rings is 2. The molecule has 6 nitrogen and oxygen atoms in total. The molecule has 3 rings (SSSR count). The van der Waals surface area contributed by atoms with Gasteiger partial charge >= 0.3 is 0 Å². The zero-order valence-electron chi connectivity index (χ0n) is 19.2. The fourth-order valence-corrected chi connectivity index (χ4v) is 5.36. The second-order valence-corrected chi connectivity index (χ2v) is 10.2. The van der Waals surface area contributed by atoms with Crippen LogP contribution in [0.1, 0.15) is 33.5 Å². The van der Waals surface area contributed by atoms with Gasteiger partial charge in [-0.3, -0.25) is 9.59 Å². The number of nitrogens with zero attached hydrogens (tertiary/aromatic N) is 1. The number of hydrogen-bond acceptors (Lipinski definition) is 4. The van der Waals surface area contributed by atoms with E-state index in [1.807, 2.05) is 45.9 Å². The fourth-order valence-electron chi connectivity index (χ4n) is 3.72. The molecule has 0 atom stereocenters. The van der Waals surface area contributed by atoms with Crippen molar-refractivity contribution in [2.45, 2.75) is 57.9 Å². The number of pyridine rings is 1. The normalized spacial score (nSPS) is 11.4. The van der Waals surface area contributed by atoms with Crippen LogP contribution in [0.25, 0.3) is 0 Å². The molecule has 0 unspecified atom stereocenters. The molecule has 2 aromatic carbocycles. The Balaban J connectivity index is 2.02. The lowest BCUT2D eigenvalue weighted by Crippen LogP contribution is -2.33. The Labute approximate surface area is 188 Å². The number of sulfone groups is 1. The summed E-state index contributed by atoms with van der Waals surface area (Å²) in [6.07, 6.45) is 0. The summed E-state index contributed by atoms with van der Waals surface area (Å²) in [6, 6.07) is 12.1. The van der Waals surface area contributed by atoms with Crippen molar-refractivity contribution in [3.05, 3.63) is 86.3 Å².